The van der Waals surface area contributed by atoms with Crippen LogP contribution in [0.15, 0.2) is 18.2 Å². The van der Waals surface area contributed by atoms with Gasteiger partial charge >= 0.3 is 5.69 Å². The van der Waals surface area contributed by atoms with Gasteiger partial charge in [0.15, 0.2) is 5.75 Å². The number of nitrogens with zero attached hydrogens (tertiary/aromatic N) is 1. The van der Waals surface area contributed by atoms with Gasteiger partial charge in [-0.2, -0.15) is 0 Å². The van der Waals surface area contributed by atoms with Crippen LogP contribution in [0.1, 0.15) is 13.8 Å². The summed E-state index contributed by atoms with van der Waals surface area (Å²) in [4.78, 5) is 22.1. The SMILES string of the molecule is COc1ccc(NC(=O)C(C)C(C)N)cc1[N+](=O)[O-]. The third-order valence-electron chi connectivity index (χ3n) is 2.85. The minimum atomic E-state index is -0.566. The third-order valence-corrected chi connectivity index (χ3v) is 2.85. The number of hydrogen-bond donors (Lipinski definition) is 2. The lowest BCUT2D eigenvalue weighted by Crippen LogP contribution is -2.34. The van der Waals surface area contributed by atoms with Crippen LogP contribution in [0.5, 0.6) is 5.75 Å². The number of carbonyl (C=O) groups excluding carboxylic acids is 1. The quantitative estimate of drug-likeness (QED) is 0.621. The predicted octanol–water partition coefficient (Wildman–Crippen LogP) is 1.53. The van der Waals surface area contributed by atoms with Gasteiger partial charge in [0, 0.05) is 17.8 Å². The minimum absolute atomic E-state index is 0.142. The van der Waals surface area contributed by atoms with Crippen molar-refractivity contribution >= 4 is 17.3 Å². The molecule has 0 aliphatic rings. The molecule has 0 spiro atoms. The zero-order valence-electron chi connectivity index (χ0n) is 11.0. The van der Waals surface area contributed by atoms with Crippen molar-refractivity contribution in [3.8, 4) is 5.75 Å². The lowest BCUT2D eigenvalue weighted by Gasteiger charge is -2.15. The van der Waals surface area contributed by atoms with Crippen molar-refractivity contribution in [2.45, 2.75) is 19.9 Å². The van der Waals surface area contributed by atoms with Gasteiger partial charge in [0.2, 0.25) is 5.91 Å². The van der Waals surface area contributed by atoms with Crippen LogP contribution in [-0.4, -0.2) is 24.0 Å². The van der Waals surface area contributed by atoms with E-state index >= 15 is 0 Å². The maximum absolute atomic E-state index is 11.8. The van der Waals surface area contributed by atoms with Crippen molar-refractivity contribution < 1.29 is 14.5 Å². The topological polar surface area (TPSA) is 107 Å². The number of carbonyl (C=O) groups is 1. The smallest absolute Gasteiger partial charge is 0.312 e. The molecule has 0 radical (unpaired) electrons. The summed E-state index contributed by atoms with van der Waals surface area (Å²) in [6, 6.07) is 3.93. The van der Waals surface area contributed by atoms with Gasteiger partial charge in [0.05, 0.1) is 18.0 Å². The Kier molecular flexibility index (Phi) is 4.82. The molecular weight excluding hydrogens is 250 g/mol. The fraction of sp³-hybridized carbons (Fsp3) is 0.417. The lowest BCUT2D eigenvalue weighted by molar-refractivity contribution is -0.385. The highest BCUT2D eigenvalue weighted by Crippen LogP contribution is 2.29. The zero-order valence-corrected chi connectivity index (χ0v) is 11.0. The Balaban J connectivity index is 2.94. The number of anilines is 1. The summed E-state index contributed by atoms with van der Waals surface area (Å²) in [6.07, 6.45) is 0. The van der Waals surface area contributed by atoms with Gasteiger partial charge in [-0.25, -0.2) is 0 Å². The van der Waals surface area contributed by atoms with Crippen LogP contribution in [0.4, 0.5) is 11.4 Å². The van der Waals surface area contributed by atoms with E-state index in [9.17, 15) is 14.9 Å². The van der Waals surface area contributed by atoms with Gasteiger partial charge in [-0.3, -0.25) is 14.9 Å². The van der Waals surface area contributed by atoms with E-state index in [0.717, 1.165) is 0 Å². The number of nitro groups is 1. The summed E-state index contributed by atoms with van der Waals surface area (Å²) < 4.78 is 4.88. The number of methoxy groups -OCH3 is 1. The number of ether oxygens (including phenoxy) is 1. The third kappa shape index (κ3) is 3.65. The predicted molar refractivity (Wildman–Crippen MR) is 71.1 cm³/mol. The van der Waals surface area contributed by atoms with Crippen molar-refractivity contribution in [3.05, 3.63) is 28.3 Å². The Morgan fingerprint density at radius 1 is 1.47 bits per heavy atom. The van der Waals surface area contributed by atoms with Gasteiger partial charge in [-0.05, 0) is 19.1 Å². The highest BCUT2D eigenvalue weighted by Gasteiger charge is 2.20. The second-order valence-corrected chi connectivity index (χ2v) is 4.28. The number of rotatable bonds is 5. The maximum Gasteiger partial charge on any atom is 0.312 e. The molecule has 2 unspecified atom stereocenters. The van der Waals surface area contributed by atoms with Gasteiger partial charge < -0.3 is 15.8 Å². The van der Waals surface area contributed by atoms with Crippen molar-refractivity contribution in [2.24, 2.45) is 11.7 Å². The molecule has 19 heavy (non-hydrogen) atoms. The average molecular weight is 267 g/mol. The maximum atomic E-state index is 11.8. The molecule has 0 bridgehead atoms. The highest BCUT2D eigenvalue weighted by atomic mass is 16.6. The molecular formula is C12H17N3O4. The monoisotopic (exact) mass is 267 g/mol. The first-order chi connectivity index (χ1) is 8.86. The number of nitrogens with one attached hydrogen (secondary N) is 1. The first kappa shape index (κ1) is 14.9. The number of nitro benzene ring substituents is 1. The van der Waals surface area contributed by atoms with Gasteiger partial charge in [0.25, 0.3) is 0 Å². The first-order valence-electron chi connectivity index (χ1n) is 5.75. The molecule has 0 aromatic heterocycles. The molecule has 104 valence electrons. The molecule has 2 atom stereocenters. The van der Waals surface area contributed by atoms with Crippen LogP contribution in [0.2, 0.25) is 0 Å². The summed E-state index contributed by atoms with van der Waals surface area (Å²) in [5, 5.41) is 13.4. The van der Waals surface area contributed by atoms with Crippen molar-refractivity contribution in [3.63, 3.8) is 0 Å². The molecule has 3 N–H and O–H groups in total. The minimum Gasteiger partial charge on any atom is -0.490 e. The summed E-state index contributed by atoms with van der Waals surface area (Å²) in [5.74, 6) is -0.529. The normalized spacial score (nSPS) is 13.5. The molecule has 7 nitrogen and oxygen atoms in total. The Hall–Kier alpha value is -2.15. The zero-order chi connectivity index (χ0) is 14.6. The molecule has 0 heterocycles. The molecule has 0 saturated carbocycles. The number of hydrogen-bond acceptors (Lipinski definition) is 5. The van der Waals surface area contributed by atoms with E-state index in [2.05, 4.69) is 5.32 Å². The van der Waals surface area contributed by atoms with Crippen LogP contribution in [0.3, 0.4) is 0 Å². The Labute approximate surface area is 110 Å². The van der Waals surface area contributed by atoms with E-state index in [0.29, 0.717) is 5.69 Å². The van der Waals surface area contributed by atoms with E-state index in [4.69, 9.17) is 10.5 Å². The molecule has 1 aromatic rings. The van der Waals surface area contributed by atoms with E-state index in [1.807, 2.05) is 0 Å². The van der Waals surface area contributed by atoms with Crippen LogP contribution in [0.25, 0.3) is 0 Å². The van der Waals surface area contributed by atoms with E-state index < -0.39 is 4.92 Å². The largest absolute Gasteiger partial charge is 0.490 e. The fourth-order valence-electron chi connectivity index (χ4n) is 1.41. The first-order valence-corrected chi connectivity index (χ1v) is 5.75. The van der Waals surface area contributed by atoms with Crippen molar-refractivity contribution in [2.75, 3.05) is 12.4 Å². The van der Waals surface area contributed by atoms with E-state index in [1.165, 1.54) is 25.3 Å². The number of nitrogens with two attached hydrogens (primary N) is 1. The Morgan fingerprint density at radius 2 is 2.11 bits per heavy atom. The van der Waals surface area contributed by atoms with Gasteiger partial charge in [0.1, 0.15) is 0 Å². The summed E-state index contributed by atoms with van der Waals surface area (Å²) >= 11 is 0. The standard InChI is InChI=1S/C12H17N3O4/c1-7(8(2)13)12(16)14-9-4-5-11(19-3)10(6-9)15(17)18/h4-8H,13H2,1-3H3,(H,14,16). The molecule has 1 rings (SSSR count). The highest BCUT2D eigenvalue weighted by molar-refractivity contribution is 5.93. The summed E-state index contributed by atoms with van der Waals surface area (Å²) in [5.41, 5.74) is 5.76. The molecule has 7 heteroatoms. The van der Waals surface area contributed by atoms with Crippen LogP contribution >= 0.6 is 0 Å². The van der Waals surface area contributed by atoms with Crippen LogP contribution < -0.4 is 15.8 Å². The second kappa shape index (κ2) is 6.14. The molecule has 0 saturated heterocycles. The van der Waals surface area contributed by atoms with Gasteiger partial charge in [-0.15, -0.1) is 0 Å². The molecule has 0 aliphatic heterocycles. The van der Waals surface area contributed by atoms with Crippen molar-refractivity contribution in [1.29, 1.82) is 0 Å². The average Bonchev–Trinajstić information content (AvgIpc) is 2.37. The van der Waals surface area contributed by atoms with E-state index in [1.54, 1.807) is 13.8 Å². The second-order valence-electron chi connectivity index (χ2n) is 4.28. The summed E-state index contributed by atoms with van der Waals surface area (Å²) in [6.45, 7) is 3.42. The Bertz CT molecular complexity index is 488. The van der Waals surface area contributed by atoms with Crippen LogP contribution in [0, 0.1) is 16.0 Å². The fourth-order valence-corrected chi connectivity index (χ4v) is 1.41. The number of amides is 1. The molecule has 1 aromatic carbocycles. The van der Waals surface area contributed by atoms with Gasteiger partial charge in [-0.1, -0.05) is 6.92 Å². The molecule has 1 amide bonds. The van der Waals surface area contributed by atoms with Crippen LogP contribution in [-0.2, 0) is 4.79 Å². The van der Waals surface area contributed by atoms with Crippen molar-refractivity contribution in [1.82, 2.24) is 0 Å². The van der Waals surface area contributed by atoms with E-state index in [-0.39, 0.29) is 29.3 Å². The number of benzene rings is 1. The molecule has 0 aliphatic carbocycles. The summed E-state index contributed by atoms with van der Waals surface area (Å²) in [7, 11) is 1.35. The lowest BCUT2D eigenvalue weighted by atomic mass is 10.0. The molecule has 0 fully saturated rings. The Morgan fingerprint density at radius 3 is 2.58 bits per heavy atom.